The van der Waals surface area contributed by atoms with Gasteiger partial charge in [-0.1, -0.05) is 49.6 Å². The Morgan fingerprint density at radius 2 is 1.47 bits per heavy atom. The summed E-state index contributed by atoms with van der Waals surface area (Å²) in [5.74, 6) is -13.6. The summed E-state index contributed by atoms with van der Waals surface area (Å²) in [6.45, 7) is 1.25. The highest BCUT2D eigenvalue weighted by atomic mass is 32.2. The van der Waals surface area contributed by atoms with Crippen molar-refractivity contribution in [2.45, 2.75) is 62.4 Å². The number of carboxylic acid groups (broad SMARTS) is 2. The van der Waals surface area contributed by atoms with Gasteiger partial charge in [-0.15, -0.1) is 0 Å². The maximum Gasteiger partial charge on any atom is 0.331 e. The van der Waals surface area contributed by atoms with Gasteiger partial charge in [0.15, 0.2) is 29.3 Å². The van der Waals surface area contributed by atoms with Crippen LogP contribution in [-0.4, -0.2) is 51.1 Å². The van der Waals surface area contributed by atoms with Gasteiger partial charge in [0, 0.05) is 11.8 Å². The third-order valence-corrected chi connectivity index (χ3v) is 8.44. The van der Waals surface area contributed by atoms with Crippen LogP contribution in [0.15, 0.2) is 47.4 Å². The molecule has 1 atom stereocenters. The van der Waals surface area contributed by atoms with Crippen LogP contribution in [-0.2, 0) is 20.9 Å². The predicted molar refractivity (Wildman–Crippen MR) is 156 cm³/mol. The molecule has 45 heavy (non-hydrogen) atoms. The fourth-order valence-electron chi connectivity index (χ4n) is 5.00. The summed E-state index contributed by atoms with van der Waals surface area (Å²) in [7, 11) is 0.989. The highest BCUT2D eigenvalue weighted by Crippen LogP contribution is 2.35. The van der Waals surface area contributed by atoms with Crippen molar-refractivity contribution in [3.63, 3.8) is 0 Å². The van der Waals surface area contributed by atoms with E-state index >= 15 is 0 Å². The molecule has 0 aromatic heterocycles. The molecule has 4 rings (SSSR count). The lowest BCUT2D eigenvalue weighted by atomic mass is 9.84. The summed E-state index contributed by atoms with van der Waals surface area (Å²) in [4.78, 5) is 34.2. The number of carboxylic acids is 1. The minimum Gasteiger partial charge on any atom is -0.508 e. The number of benzene rings is 3. The van der Waals surface area contributed by atoms with Crippen molar-refractivity contribution in [2.75, 3.05) is 11.9 Å². The Morgan fingerprint density at radius 1 is 0.933 bits per heavy atom. The molecule has 1 fully saturated rings. The van der Waals surface area contributed by atoms with Crippen molar-refractivity contribution in [2.24, 2.45) is 0 Å². The molecule has 242 valence electrons. The Bertz CT molecular complexity index is 1510. The first kappa shape index (κ1) is 35.3. The third kappa shape index (κ3) is 8.31. The summed E-state index contributed by atoms with van der Waals surface area (Å²) < 4.78 is 70.4. The number of likely N-dealkylation sites (N-methyl/N-ethyl adjacent to an activating group) is 1. The highest BCUT2D eigenvalue weighted by Gasteiger charge is 2.38. The van der Waals surface area contributed by atoms with Crippen LogP contribution in [0.2, 0.25) is 0 Å². The van der Waals surface area contributed by atoms with Crippen LogP contribution in [0.3, 0.4) is 0 Å². The van der Waals surface area contributed by atoms with Gasteiger partial charge in [-0.25, -0.2) is 31.1 Å². The number of hydrogen-bond donors (Lipinski definition) is 3. The molecular formula is C31H31F5N2O6S. The fourth-order valence-corrected chi connectivity index (χ4v) is 5.91. The second kappa shape index (κ2) is 15.7. The molecule has 14 heteroatoms. The number of aryl methyl sites for hydroxylation is 1. The smallest absolute Gasteiger partial charge is 0.331 e. The highest BCUT2D eigenvalue weighted by molar-refractivity contribution is 7.97. The predicted octanol–water partition coefficient (Wildman–Crippen LogP) is 6.77. The number of carbonyl (C=O) groups excluding carboxylic acids is 1. The first-order valence-corrected chi connectivity index (χ1v) is 14.5. The third-order valence-electron chi connectivity index (χ3n) is 7.40. The number of amides is 1. The molecule has 1 saturated carbocycles. The zero-order chi connectivity index (χ0) is 33.4. The maximum atomic E-state index is 14.3. The molecule has 1 aliphatic rings. The summed E-state index contributed by atoms with van der Waals surface area (Å²) in [5, 5.41) is 27.2. The second-order valence-corrected chi connectivity index (χ2v) is 11.5. The van der Waals surface area contributed by atoms with Gasteiger partial charge >= 0.3 is 5.97 Å². The molecule has 3 N–H and O–H groups in total. The average molecular weight is 655 g/mol. The van der Waals surface area contributed by atoms with Crippen molar-refractivity contribution in [3.05, 3.63) is 88.2 Å². The van der Waals surface area contributed by atoms with E-state index in [1.165, 1.54) is 24.6 Å². The number of phenols is 1. The number of hydrogen-bond acceptors (Lipinski definition) is 6. The zero-order valence-corrected chi connectivity index (χ0v) is 25.1. The molecule has 0 radical (unpaired) electrons. The van der Waals surface area contributed by atoms with Crippen molar-refractivity contribution in [3.8, 4) is 5.75 Å². The number of aliphatic carboxylic acids is 1. The molecule has 0 bridgehead atoms. The lowest BCUT2D eigenvalue weighted by molar-refractivity contribution is -0.145. The largest absolute Gasteiger partial charge is 0.508 e. The maximum absolute atomic E-state index is 14.3. The minimum atomic E-state index is -2.36. The first-order valence-electron chi connectivity index (χ1n) is 13.7. The molecular weight excluding hydrogens is 623 g/mol. The van der Waals surface area contributed by atoms with E-state index in [1.807, 2.05) is 24.3 Å². The molecule has 3 aromatic rings. The van der Waals surface area contributed by atoms with Crippen molar-refractivity contribution in [1.29, 1.82) is 0 Å². The monoisotopic (exact) mass is 654 g/mol. The van der Waals surface area contributed by atoms with Crippen LogP contribution in [0, 0.1) is 36.0 Å². The van der Waals surface area contributed by atoms with Gasteiger partial charge in [0.05, 0.1) is 6.54 Å². The number of rotatable bonds is 9. The number of nitrogens with zero attached hydrogens (tertiary/aromatic N) is 2. The van der Waals surface area contributed by atoms with Gasteiger partial charge in [-0.3, -0.25) is 9.59 Å². The van der Waals surface area contributed by atoms with Crippen LogP contribution in [0.4, 0.5) is 27.6 Å². The Balaban J connectivity index is 0.00000177. The van der Waals surface area contributed by atoms with Crippen molar-refractivity contribution >= 4 is 36.0 Å². The van der Waals surface area contributed by atoms with Gasteiger partial charge in [0.2, 0.25) is 5.82 Å². The Hall–Kier alpha value is -4.17. The van der Waals surface area contributed by atoms with Gasteiger partial charge < -0.3 is 20.2 Å². The van der Waals surface area contributed by atoms with E-state index in [-0.39, 0.29) is 36.4 Å². The quantitative estimate of drug-likeness (QED) is 0.0578. The standard InChI is InChI=1S/C30H29F5N2O4S.CH2O2/c1-16-8-13-20(14-21(16)38)37(15-17-9-11-19(12-10-17)18-6-4-3-5-7-18)29(39)27(30(40)41)36(2)42-28-25(34)23(32)22(31)24(33)26(28)35;2-1-3/h8-14,18,27,38H,3-7,15H2,1-2H3,(H,40,41);1H,(H,2,3). The number of aromatic hydroxyl groups is 1. The summed E-state index contributed by atoms with van der Waals surface area (Å²) in [6.07, 6.45) is 5.67. The average Bonchev–Trinajstić information content (AvgIpc) is 3.02. The van der Waals surface area contributed by atoms with Gasteiger partial charge in [-0.05, 0) is 67.4 Å². The topological polar surface area (TPSA) is 118 Å². The van der Waals surface area contributed by atoms with E-state index < -0.39 is 51.9 Å². The number of carbonyl (C=O) groups is 3. The SMILES string of the molecule is Cc1ccc(N(Cc2ccc(C3CCCCC3)cc2)C(=O)C(C(=O)O)N(C)Sc2c(F)c(F)c(F)c(F)c2F)cc1O.O=CO. The summed E-state index contributed by atoms with van der Waals surface area (Å²) in [5.41, 5.74) is 2.44. The number of anilines is 1. The van der Waals surface area contributed by atoms with Crippen LogP contribution >= 0.6 is 11.9 Å². The van der Waals surface area contributed by atoms with Crippen LogP contribution < -0.4 is 4.90 Å². The van der Waals surface area contributed by atoms with Crippen molar-refractivity contribution < 1.29 is 51.7 Å². The number of phenolic OH excluding ortho intramolecular Hbond substituents is 1. The number of halogens is 5. The summed E-state index contributed by atoms with van der Waals surface area (Å²) in [6, 6.07) is 9.75. The molecule has 1 amide bonds. The normalized spacial score (nSPS) is 14.0. The van der Waals surface area contributed by atoms with Gasteiger partial charge in [-0.2, -0.15) is 0 Å². The van der Waals surface area contributed by atoms with E-state index in [0.29, 0.717) is 21.4 Å². The van der Waals surface area contributed by atoms with Crippen LogP contribution in [0.1, 0.15) is 54.7 Å². The Kier molecular flexibility index (Phi) is 12.3. The van der Waals surface area contributed by atoms with E-state index in [4.69, 9.17) is 9.90 Å². The lowest BCUT2D eigenvalue weighted by Gasteiger charge is -2.30. The van der Waals surface area contributed by atoms with Crippen molar-refractivity contribution in [1.82, 2.24) is 4.31 Å². The molecule has 0 aliphatic heterocycles. The van der Waals surface area contributed by atoms with E-state index in [9.17, 15) is 41.8 Å². The van der Waals surface area contributed by atoms with E-state index in [1.54, 1.807) is 6.92 Å². The van der Waals surface area contributed by atoms with Crippen LogP contribution in [0.5, 0.6) is 5.75 Å². The molecule has 3 aromatic carbocycles. The lowest BCUT2D eigenvalue weighted by Crippen LogP contribution is -2.49. The van der Waals surface area contributed by atoms with Gasteiger partial charge in [0.1, 0.15) is 10.6 Å². The Morgan fingerprint density at radius 3 is 1.98 bits per heavy atom. The van der Waals surface area contributed by atoms with E-state index in [0.717, 1.165) is 43.2 Å². The van der Waals surface area contributed by atoms with E-state index in [2.05, 4.69) is 0 Å². The van der Waals surface area contributed by atoms with Crippen LogP contribution in [0.25, 0.3) is 0 Å². The molecule has 1 aliphatic carbocycles. The summed E-state index contributed by atoms with van der Waals surface area (Å²) >= 11 is -0.100. The molecule has 8 nitrogen and oxygen atoms in total. The van der Waals surface area contributed by atoms with Gasteiger partial charge in [0.25, 0.3) is 12.4 Å². The second-order valence-electron chi connectivity index (χ2n) is 10.4. The molecule has 1 unspecified atom stereocenters. The fraction of sp³-hybridized carbons (Fsp3) is 0.323. The molecule has 0 spiro atoms. The molecule has 0 heterocycles. The Labute approximate surface area is 260 Å². The first-order chi connectivity index (χ1) is 21.3. The zero-order valence-electron chi connectivity index (χ0n) is 24.3. The molecule has 0 saturated heterocycles. The minimum absolute atomic E-state index is 0.100.